The van der Waals surface area contributed by atoms with E-state index in [1.807, 2.05) is 0 Å². The monoisotopic (exact) mass is 408 g/mol. The second-order valence-electron chi connectivity index (χ2n) is 5.64. The van der Waals surface area contributed by atoms with Gasteiger partial charge in [0.25, 0.3) is 5.92 Å². The lowest BCUT2D eigenvalue weighted by Gasteiger charge is -2.38. The van der Waals surface area contributed by atoms with Crippen molar-refractivity contribution >= 4 is 12.4 Å². The summed E-state index contributed by atoms with van der Waals surface area (Å²) in [5.41, 5.74) is -0.108. The van der Waals surface area contributed by atoms with Crippen molar-refractivity contribution in [3.63, 3.8) is 0 Å². The zero-order chi connectivity index (χ0) is 18.7. The highest BCUT2D eigenvalue weighted by Gasteiger charge is 2.46. The van der Waals surface area contributed by atoms with Crippen LogP contribution in [0.3, 0.4) is 0 Å². The lowest BCUT2D eigenvalue weighted by atomic mass is 9.98. The molecule has 150 valence electrons. The van der Waals surface area contributed by atoms with Crippen molar-refractivity contribution in [1.82, 2.24) is 10.2 Å². The van der Waals surface area contributed by atoms with E-state index in [2.05, 4.69) is 10.1 Å². The van der Waals surface area contributed by atoms with E-state index in [1.54, 1.807) is 0 Å². The number of piperazine rings is 1. The standard InChI is InChI=1S/C15H18F6N2O2.ClH/c16-13(17)15(20,21)25-11-3-1-2-10(8-11)12(14(18,19)9-24)23-6-4-22-5-7-23;/h1-3,8,12-13,22,24H,4-7,9H2;1H/t12-;/m0./s1. The SMILES string of the molecule is Cl.OCC(F)(F)[C@H](c1cccc(OC(F)(F)C(F)F)c1)N1CCNCC1. The number of nitrogens with zero attached hydrogens (tertiary/aromatic N) is 1. The van der Waals surface area contributed by atoms with Gasteiger partial charge in [-0.05, 0) is 17.7 Å². The Morgan fingerprint density at radius 1 is 1.15 bits per heavy atom. The Kier molecular flexibility index (Phi) is 8.00. The number of hydrogen-bond acceptors (Lipinski definition) is 4. The minimum absolute atomic E-state index is 0. The van der Waals surface area contributed by atoms with Crippen LogP contribution < -0.4 is 10.1 Å². The molecule has 26 heavy (non-hydrogen) atoms. The minimum Gasteiger partial charge on any atom is -0.428 e. The van der Waals surface area contributed by atoms with Crippen LogP contribution in [0, 0.1) is 0 Å². The van der Waals surface area contributed by atoms with Gasteiger partial charge in [0, 0.05) is 26.2 Å². The van der Waals surface area contributed by atoms with Crippen molar-refractivity contribution in [2.45, 2.75) is 24.5 Å². The van der Waals surface area contributed by atoms with E-state index in [9.17, 15) is 26.3 Å². The number of alkyl halides is 6. The summed E-state index contributed by atoms with van der Waals surface area (Å²) in [6.45, 7) is -0.0632. The Morgan fingerprint density at radius 2 is 1.77 bits per heavy atom. The largest absolute Gasteiger partial charge is 0.461 e. The predicted molar refractivity (Wildman–Crippen MR) is 84.5 cm³/mol. The molecule has 0 unspecified atom stereocenters. The quantitative estimate of drug-likeness (QED) is 0.681. The van der Waals surface area contributed by atoms with E-state index < -0.39 is 36.9 Å². The maximum Gasteiger partial charge on any atom is 0.461 e. The van der Waals surface area contributed by atoms with Crippen molar-refractivity contribution in [2.24, 2.45) is 0 Å². The molecular weight excluding hydrogens is 390 g/mol. The van der Waals surface area contributed by atoms with Crippen molar-refractivity contribution in [2.75, 3.05) is 32.8 Å². The van der Waals surface area contributed by atoms with Gasteiger partial charge in [-0.25, -0.2) is 8.78 Å². The maximum absolute atomic E-state index is 14.3. The number of hydrogen-bond donors (Lipinski definition) is 2. The molecule has 11 heteroatoms. The number of nitrogens with one attached hydrogen (secondary N) is 1. The van der Waals surface area contributed by atoms with Gasteiger partial charge in [0.05, 0.1) is 0 Å². The second-order valence-corrected chi connectivity index (χ2v) is 5.64. The first-order valence-electron chi connectivity index (χ1n) is 7.56. The molecule has 0 spiro atoms. The summed E-state index contributed by atoms with van der Waals surface area (Å²) in [6.07, 6.45) is -8.79. The third-order valence-electron chi connectivity index (χ3n) is 3.81. The van der Waals surface area contributed by atoms with Crippen molar-refractivity contribution in [1.29, 1.82) is 0 Å². The molecule has 1 aromatic carbocycles. The molecule has 0 radical (unpaired) electrons. The smallest absolute Gasteiger partial charge is 0.428 e. The van der Waals surface area contributed by atoms with Crippen LogP contribution in [0.1, 0.15) is 11.6 Å². The van der Waals surface area contributed by atoms with E-state index in [0.717, 1.165) is 18.2 Å². The summed E-state index contributed by atoms with van der Waals surface area (Å²) < 4.78 is 83.1. The van der Waals surface area contributed by atoms with Gasteiger partial charge in [0.2, 0.25) is 0 Å². The van der Waals surface area contributed by atoms with Crippen LogP contribution in [0.5, 0.6) is 5.75 Å². The zero-order valence-corrected chi connectivity index (χ0v) is 14.3. The molecule has 0 amide bonds. The first kappa shape index (κ1) is 22.8. The minimum atomic E-state index is -4.73. The first-order valence-corrected chi connectivity index (χ1v) is 7.56. The fourth-order valence-electron chi connectivity index (χ4n) is 2.70. The maximum atomic E-state index is 14.3. The molecule has 1 fully saturated rings. The van der Waals surface area contributed by atoms with E-state index in [1.165, 1.54) is 11.0 Å². The van der Waals surface area contributed by atoms with Crippen LogP contribution in [-0.4, -0.2) is 61.2 Å². The van der Waals surface area contributed by atoms with Crippen LogP contribution in [0.4, 0.5) is 26.3 Å². The van der Waals surface area contributed by atoms with E-state index in [4.69, 9.17) is 5.11 Å². The molecule has 1 aliphatic rings. The Hall–Kier alpha value is -1.23. The van der Waals surface area contributed by atoms with Gasteiger partial charge in [0.1, 0.15) is 18.4 Å². The zero-order valence-electron chi connectivity index (χ0n) is 13.5. The predicted octanol–water partition coefficient (Wildman–Crippen LogP) is 2.92. The van der Waals surface area contributed by atoms with Crippen LogP contribution in [0.25, 0.3) is 0 Å². The van der Waals surface area contributed by atoms with Gasteiger partial charge in [-0.3, -0.25) is 4.90 Å². The molecule has 0 aliphatic carbocycles. The van der Waals surface area contributed by atoms with E-state index >= 15 is 0 Å². The van der Waals surface area contributed by atoms with Gasteiger partial charge in [-0.1, -0.05) is 12.1 Å². The Bertz CT molecular complexity index is 573. The summed E-state index contributed by atoms with van der Waals surface area (Å²) in [6, 6.07) is 2.67. The first-order chi connectivity index (χ1) is 11.7. The van der Waals surface area contributed by atoms with Gasteiger partial charge in [-0.2, -0.15) is 17.6 Å². The highest BCUT2D eigenvalue weighted by molar-refractivity contribution is 5.85. The summed E-state index contributed by atoms with van der Waals surface area (Å²) in [5, 5.41) is 12.0. The highest BCUT2D eigenvalue weighted by atomic mass is 35.5. The van der Waals surface area contributed by atoms with Gasteiger partial charge in [-0.15, -0.1) is 12.4 Å². The van der Waals surface area contributed by atoms with Crippen molar-refractivity contribution in [3.05, 3.63) is 29.8 Å². The Labute approximate surface area is 152 Å². The normalized spacial score (nSPS) is 17.7. The van der Waals surface area contributed by atoms with Gasteiger partial charge >= 0.3 is 12.5 Å². The average molecular weight is 409 g/mol. The number of aliphatic hydroxyl groups is 1. The molecule has 0 saturated carbocycles. The fraction of sp³-hybridized carbons (Fsp3) is 0.600. The number of ether oxygens (including phenoxy) is 1. The van der Waals surface area contributed by atoms with Crippen LogP contribution in [-0.2, 0) is 0 Å². The summed E-state index contributed by atoms with van der Waals surface area (Å²) >= 11 is 0. The van der Waals surface area contributed by atoms with Crippen LogP contribution in [0.15, 0.2) is 24.3 Å². The fourth-order valence-corrected chi connectivity index (χ4v) is 2.70. The molecule has 0 bridgehead atoms. The van der Waals surface area contributed by atoms with Crippen LogP contribution in [0.2, 0.25) is 0 Å². The molecule has 4 nitrogen and oxygen atoms in total. The molecule has 2 N–H and O–H groups in total. The highest BCUT2D eigenvalue weighted by Crippen LogP contribution is 2.38. The number of rotatable bonds is 7. The lowest BCUT2D eigenvalue weighted by Crippen LogP contribution is -2.51. The molecular formula is C15H19ClF6N2O2. The number of aliphatic hydroxyl groups excluding tert-OH is 1. The van der Waals surface area contributed by atoms with Gasteiger partial charge in [0.15, 0.2) is 0 Å². The average Bonchev–Trinajstić information content (AvgIpc) is 2.55. The van der Waals surface area contributed by atoms with Crippen molar-refractivity contribution in [3.8, 4) is 5.75 Å². The molecule has 1 aromatic rings. The summed E-state index contributed by atoms with van der Waals surface area (Å²) in [7, 11) is 0. The number of halogens is 7. The van der Waals surface area contributed by atoms with Crippen LogP contribution >= 0.6 is 12.4 Å². The molecule has 1 heterocycles. The third-order valence-corrected chi connectivity index (χ3v) is 3.81. The molecule has 1 saturated heterocycles. The number of benzene rings is 1. The lowest BCUT2D eigenvalue weighted by molar-refractivity contribution is -0.253. The van der Waals surface area contributed by atoms with E-state index in [0.29, 0.717) is 13.1 Å². The second kappa shape index (κ2) is 9.12. The van der Waals surface area contributed by atoms with Crippen molar-refractivity contribution < 1.29 is 36.2 Å². The Morgan fingerprint density at radius 3 is 2.31 bits per heavy atom. The summed E-state index contributed by atoms with van der Waals surface area (Å²) in [5.74, 6) is -4.21. The molecule has 1 atom stereocenters. The van der Waals surface area contributed by atoms with E-state index in [-0.39, 0.29) is 31.1 Å². The molecule has 2 rings (SSSR count). The summed E-state index contributed by atoms with van der Waals surface area (Å²) in [4.78, 5) is 1.40. The topological polar surface area (TPSA) is 44.7 Å². The molecule has 1 aliphatic heterocycles. The third kappa shape index (κ3) is 5.38. The molecule has 0 aromatic heterocycles. The Balaban J connectivity index is 0.00000338. The van der Waals surface area contributed by atoms with Gasteiger partial charge < -0.3 is 15.2 Å².